The Morgan fingerprint density at radius 3 is 1.92 bits per heavy atom. The van der Waals surface area contributed by atoms with Gasteiger partial charge in [0.05, 0.1) is 22.8 Å². The van der Waals surface area contributed by atoms with Crippen molar-refractivity contribution >= 4 is 17.6 Å². The van der Waals surface area contributed by atoms with E-state index in [9.17, 15) is 0 Å². The van der Waals surface area contributed by atoms with Gasteiger partial charge in [0, 0.05) is 64.0 Å². The molecule has 0 radical (unpaired) electrons. The van der Waals surface area contributed by atoms with Crippen LogP contribution in [0, 0.1) is 24.2 Å². The Labute approximate surface area is 305 Å². The van der Waals surface area contributed by atoms with Crippen LogP contribution in [0.4, 0.5) is 0 Å². The highest BCUT2D eigenvalue weighted by Crippen LogP contribution is 2.37. The van der Waals surface area contributed by atoms with Crippen LogP contribution >= 0.6 is 0 Å². The minimum atomic E-state index is 0.343. The van der Waals surface area contributed by atoms with Gasteiger partial charge in [-0.05, 0) is 28.8 Å². The average Bonchev–Trinajstić information content (AvgIpc) is 3.22. The van der Waals surface area contributed by atoms with E-state index < -0.39 is 0 Å². The van der Waals surface area contributed by atoms with E-state index in [1.807, 2.05) is 30.3 Å². The van der Waals surface area contributed by atoms with Gasteiger partial charge in [-0.25, -0.2) is 9.97 Å². The molecule has 0 bridgehead atoms. The molecule has 1 aliphatic heterocycles. The van der Waals surface area contributed by atoms with Crippen molar-refractivity contribution in [3.05, 3.63) is 186 Å². The van der Waals surface area contributed by atoms with E-state index in [0.717, 1.165) is 67.3 Å². The molecule has 0 saturated heterocycles. The van der Waals surface area contributed by atoms with Crippen molar-refractivity contribution in [2.75, 3.05) is 7.05 Å². The third-order valence-electron chi connectivity index (χ3n) is 9.79. The highest BCUT2D eigenvalue weighted by molar-refractivity contribution is 6.14. The van der Waals surface area contributed by atoms with E-state index in [4.69, 9.17) is 21.4 Å². The minimum absolute atomic E-state index is 0.343. The van der Waals surface area contributed by atoms with Gasteiger partial charge in [-0.3, -0.25) is 9.98 Å². The zero-order valence-corrected chi connectivity index (χ0v) is 29.1. The lowest BCUT2D eigenvalue weighted by Gasteiger charge is -2.27. The number of nitrogens with zero attached hydrogens (tertiary/aromatic N) is 4. The van der Waals surface area contributed by atoms with Gasteiger partial charge in [-0.15, -0.1) is 6.42 Å². The molecule has 4 nitrogen and oxygen atoms in total. The van der Waals surface area contributed by atoms with Gasteiger partial charge in [0.1, 0.15) is 0 Å². The lowest BCUT2D eigenvalue weighted by atomic mass is 9.81. The van der Waals surface area contributed by atoms with Crippen molar-refractivity contribution in [1.82, 2.24) is 9.97 Å². The van der Waals surface area contributed by atoms with Crippen LogP contribution in [0.3, 0.4) is 0 Å². The second kappa shape index (κ2) is 14.3. The summed E-state index contributed by atoms with van der Waals surface area (Å²) < 4.78 is 0. The molecule has 2 aliphatic rings. The molecule has 2 atom stereocenters. The predicted octanol–water partition coefficient (Wildman–Crippen LogP) is 10.8. The third-order valence-corrected chi connectivity index (χ3v) is 9.79. The summed E-state index contributed by atoms with van der Waals surface area (Å²) in [5.74, 6) is 4.15. The summed E-state index contributed by atoms with van der Waals surface area (Å²) in [5, 5.41) is 0. The van der Waals surface area contributed by atoms with Crippen molar-refractivity contribution in [3.63, 3.8) is 0 Å². The number of aromatic nitrogens is 2. The Balaban J connectivity index is 1.18. The number of fused-ring (bicyclic) bond motifs is 1. The SMILES string of the molecule is C#Cc1ccccc1/C(=N\C)c1ccc(-c2nc(-c3ccc(C4=C5C=CC=CC5C(C)C=N4)cc3)cc(-c3ccc(-c4ccccc4)cc3)n2)cc1. The summed E-state index contributed by atoms with van der Waals surface area (Å²) in [6.45, 7) is 2.22. The maximum absolute atomic E-state index is 5.83. The van der Waals surface area contributed by atoms with E-state index in [-0.39, 0.29) is 0 Å². The van der Waals surface area contributed by atoms with Gasteiger partial charge in [0.2, 0.25) is 0 Å². The van der Waals surface area contributed by atoms with Crippen molar-refractivity contribution in [3.8, 4) is 57.4 Å². The molecule has 1 aromatic heterocycles. The van der Waals surface area contributed by atoms with E-state index in [1.54, 1.807) is 7.05 Å². The van der Waals surface area contributed by atoms with Gasteiger partial charge in [-0.1, -0.05) is 158 Å². The monoisotopic (exact) mass is 668 g/mol. The van der Waals surface area contributed by atoms with Crippen molar-refractivity contribution in [2.24, 2.45) is 21.8 Å². The largest absolute Gasteiger partial charge is 0.287 e. The zero-order valence-electron chi connectivity index (χ0n) is 29.1. The summed E-state index contributed by atoms with van der Waals surface area (Å²) in [6.07, 6.45) is 16.6. The van der Waals surface area contributed by atoms with Crippen LogP contribution in [0.1, 0.15) is 29.2 Å². The van der Waals surface area contributed by atoms with E-state index >= 15 is 0 Å². The van der Waals surface area contributed by atoms with E-state index in [0.29, 0.717) is 17.7 Å². The molecule has 248 valence electrons. The molecule has 5 aromatic carbocycles. The first-order valence-corrected chi connectivity index (χ1v) is 17.5. The highest BCUT2D eigenvalue weighted by Gasteiger charge is 2.25. The van der Waals surface area contributed by atoms with Crippen molar-refractivity contribution in [2.45, 2.75) is 6.92 Å². The molecular weight excluding hydrogens is 633 g/mol. The number of aliphatic imine (C=N–C) groups is 2. The number of rotatable bonds is 7. The van der Waals surface area contributed by atoms with Crippen LogP contribution in [0.5, 0.6) is 0 Å². The van der Waals surface area contributed by atoms with Gasteiger partial charge in [0.15, 0.2) is 5.82 Å². The Kier molecular flexibility index (Phi) is 8.92. The van der Waals surface area contributed by atoms with E-state index in [2.05, 4.69) is 151 Å². The number of hydrogen-bond donors (Lipinski definition) is 0. The van der Waals surface area contributed by atoms with Crippen LogP contribution in [-0.2, 0) is 0 Å². The smallest absolute Gasteiger partial charge is 0.160 e. The normalized spacial score (nSPS) is 16.4. The molecule has 2 unspecified atom stereocenters. The van der Waals surface area contributed by atoms with Gasteiger partial charge >= 0.3 is 0 Å². The van der Waals surface area contributed by atoms with Gasteiger partial charge < -0.3 is 0 Å². The summed E-state index contributed by atoms with van der Waals surface area (Å²) >= 11 is 0. The van der Waals surface area contributed by atoms with Gasteiger partial charge in [0.25, 0.3) is 0 Å². The topological polar surface area (TPSA) is 50.5 Å². The van der Waals surface area contributed by atoms with Crippen LogP contribution < -0.4 is 0 Å². The van der Waals surface area contributed by atoms with E-state index in [1.165, 1.54) is 11.1 Å². The Hall–Kier alpha value is -6.70. The Morgan fingerprint density at radius 2 is 1.25 bits per heavy atom. The summed E-state index contributed by atoms with van der Waals surface area (Å²) in [6, 6.07) is 45.8. The first-order chi connectivity index (χ1) is 25.6. The Bertz CT molecular complexity index is 2460. The fraction of sp³-hybridized carbons (Fsp3) is 0.0833. The molecule has 0 amide bonds. The lowest BCUT2D eigenvalue weighted by Crippen LogP contribution is -2.18. The quantitative estimate of drug-likeness (QED) is 0.126. The first-order valence-electron chi connectivity index (χ1n) is 17.5. The molecule has 0 fully saturated rings. The predicted molar refractivity (Wildman–Crippen MR) is 216 cm³/mol. The second-order valence-electron chi connectivity index (χ2n) is 13.0. The molecule has 1 aliphatic carbocycles. The number of allylic oxidation sites excluding steroid dienone is 5. The number of terminal acetylenes is 1. The maximum atomic E-state index is 5.83. The molecule has 52 heavy (non-hydrogen) atoms. The van der Waals surface area contributed by atoms with Crippen LogP contribution in [0.15, 0.2) is 173 Å². The summed E-state index contributed by atoms with van der Waals surface area (Å²) in [7, 11) is 1.79. The molecule has 0 N–H and O–H groups in total. The fourth-order valence-corrected chi connectivity index (χ4v) is 6.99. The molecule has 0 spiro atoms. The Morgan fingerprint density at radius 1 is 0.654 bits per heavy atom. The number of benzene rings is 5. The van der Waals surface area contributed by atoms with Gasteiger partial charge in [-0.2, -0.15) is 0 Å². The number of hydrogen-bond acceptors (Lipinski definition) is 4. The standard InChI is InChI=1S/C48H36N4/c1-4-33-12-8-9-16-42(33)46(49-3)38-26-28-40(29-27-38)48-51-44(36-20-18-35(19-21-36)34-13-6-5-7-14-34)30-45(52-48)37-22-24-39(25-23-37)47-43-17-11-10-15-41(43)32(2)31-50-47/h1,5-32,41H,2-3H3/b49-46-. The lowest BCUT2D eigenvalue weighted by molar-refractivity contribution is 0.628. The summed E-state index contributed by atoms with van der Waals surface area (Å²) in [4.78, 5) is 19.7. The molecule has 2 heterocycles. The first kappa shape index (κ1) is 32.5. The van der Waals surface area contributed by atoms with Crippen LogP contribution in [0.2, 0.25) is 0 Å². The second-order valence-corrected chi connectivity index (χ2v) is 13.0. The molecular formula is C48H36N4. The molecule has 4 heteroatoms. The summed E-state index contributed by atoms with van der Waals surface area (Å²) in [5.41, 5.74) is 13.9. The third kappa shape index (κ3) is 6.37. The average molecular weight is 669 g/mol. The minimum Gasteiger partial charge on any atom is -0.287 e. The van der Waals surface area contributed by atoms with Crippen LogP contribution in [-0.4, -0.2) is 28.9 Å². The maximum Gasteiger partial charge on any atom is 0.160 e. The highest BCUT2D eigenvalue weighted by atomic mass is 14.9. The van der Waals surface area contributed by atoms with Crippen LogP contribution in [0.25, 0.3) is 50.7 Å². The fourth-order valence-electron chi connectivity index (χ4n) is 6.99. The zero-order chi connectivity index (χ0) is 35.4. The molecule has 0 saturated carbocycles. The van der Waals surface area contributed by atoms with Crippen molar-refractivity contribution in [1.29, 1.82) is 0 Å². The molecule has 6 aromatic rings. The van der Waals surface area contributed by atoms with Crippen molar-refractivity contribution < 1.29 is 0 Å². The molecule has 8 rings (SSSR count).